The molecule has 112 valence electrons. The molecule has 22 heavy (non-hydrogen) atoms. The maximum atomic E-state index is 12.8. The lowest BCUT2D eigenvalue weighted by molar-refractivity contribution is 0.0996. The monoisotopic (exact) mass is 311 g/mol. The van der Waals surface area contributed by atoms with E-state index >= 15 is 0 Å². The number of rotatable bonds is 2. The zero-order valence-electron chi connectivity index (χ0n) is 13.0. The van der Waals surface area contributed by atoms with Crippen LogP contribution in [0.25, 0.3) is 10.2 Å². The Balaban J connectivity index is 2.09. The number of aryl methyl sites for hydroxylation is 3. The van der Waals surface area contributed by atoms with Crippen molar-refractivity contribution in [3.8, 4) is 0 Å². The first-order valence-electron chi connectivity index (χ1n) is 7.06. The molecule has 0 radical (unpaired) electrons. The van der Waals surface area contributed by atoms with Crippen LogP contribution in [0.3, 0.4) is 0 Å². The van der Waals surface area contributed by atoms with Crippen molar-refractivity contribution < 1.29 is 4.79 Å². The highest BCUT2D eigenvalue weighted by atomic mass is 32.1. The summed E-state index contributed by atoms with van der Waals surface area (Å²) in [5.41, 5.74) is 2.77. The van der Waals surface area contributed by atoms with Gasteiger partial charge in [0.1, 0.15) is 10.7 Å². The van der Waals surface area contributed by atoms with Crippen LogP contribution in [0.4, 0.5) is 5.69 Å². The van der Waals surface area contributed by atoms with Crippen LogP contribution >= 0.6 is 11.3 Å². The zero-order valence-corrected chi connectivity index (χ0v) is 13.9. The summed E-state index contributed by atoms with van der Waals surface area (Å²) in [4.78, 5) is 25.0. The number of hydrogen-bond acceptors (Lipinski definition) is 4. The maximum Gasteiger partial charge on any atom is 0.268 e. The van der Waals surface area contributed by atoms with Crippen LogP contribution in [0.2, 0.25) is 0 Å². The van der Waals surface area contributed by atoms with Crippen LogP contribution in [0.5, 0.6) is 0 Å². The van der Waals surface area contributed by atoms with Crippen LogP contribution < -0.4 is 4.90 Å². The summed E-state index contributed by atoms with van der Waals surface area (Å²) in [6.45, 7) is 5.81. The van der Waals surface area contributed by atoms with Crippen molar-refractivity contribution in [3.05, 3.63) is 52.3 Å². The number of benzene rings is 1. The molecule has 2 heterocycles. The Kier molecular flexibility index (Phi) is 3.66. The lowest BCUT2D eigenvalue weighted by atomic mass is 10.1. The molecule has 3 rings (SSSR count). The molecule has 0 aliphatic rings. The molecule has 0 atom stereocenters. The Bertz CT molecular complexity index is 855. The van der Waals surface area contributed by atoms with Crippen LogP contribution in [0.15, 0.2) is 30.3 Å². The number of carbonyl (C=O) groups excluding carboxylic acids is 1. The maximum absolute atomic E-state index is 12.8. The molecule has 0 bridgehead atoms. The number of hydrogen-bond donors (Lipinski definition) is 0. The number of amides is 1. The van der Waals surface area contributed by atoms with Gasteiger partial charge in [0.2, 0.25) is 0 Å². The van der Waals surface area contributed by atoms with Gasteiger partial charge in [-0.3, -0.25) is 4.79 Å². The van der Waals surface area contributed by atoms with Crippen molar-refractivity contribution in [2.45, 2.75) is 20.8 Å². The number of thiophene rings is 1. The first kappa shape index (κ1) is 14.7. The third-order valence-corrected chi connectivity index (χ3v) is 4.90. The minimum Gasteiger partial charge on any atom is -0.311 e. The average Bonchev–Trinajstić information content (AvgIpc) is 2.83. The van der Waals surface area contributed by atoms with Crippen molar-refractivity contribution >= 4 is 33.1 Å². The highest BCUT2D eigenvalue weighted by Crippen LogP contribution is 2.32. The topological polar surface area (TPSA) is 46.1 Å². The van der Waals surface area contributed by atoms with Crippen molar-refractivity contribution in [1.29, 1.82) is 0 Å². The largest absolute Gasteiger partial charge is 0.311 e. The molecule has 0 aliphatic carbocycles. The normalized spacial score (nSPS) is 10.9. The SMILES string of the molecule is Cc1nc(C)c2c(C)c(C(=O)N(C)c3ccccc3)sc2n1. The van der Waals surface area contributed by atoms with Crippen molar-refractivity contribution in [1.82, 2.24) is 9.97 Å². The molecular weight excluding hydrogens is 294 g/mol. The molecule has 1 amide bonds. The Labute approximate surface area is 133 Å². The Morgan fingerprint density at radius 1 is 1.09 bits per heavy atom. The standard InChI is InChI=1S/C17H17N3OS/c1-10-14-11(2)18-12(3)19-16(14)22-15(10)17(21)20(4)13-8-6-5-7-9-13/h5-9H,1-4H3. The second-order valence-corrected chi connectivity index (χ2v) is 6.29. The fourth-order valence-electron chi connectivity index (χ4n) is 2.60. The molecule has 1 aromatic carbocycles. The van der Waals surface area contributed by atoms with Gasteiger partial charge in [-0.1, -0.05) is 18.2 Å². The van der Waals surface area contributed by atoms with Gasteiger partial charge in [-0.2, -0.15) is 0 Å². The number of para-hydroxylation sites is 1. The van der Waals surface area contributed by atoms with Crippen LogP contribution in [0, 0.1) is 20.8 Å². The Morgan fingerprint density at radius 2 is 1.77 bits per heavy atom. The predicted octanol–water partition coefficient (Wildman–Crippen LogP) is 3.89. The number of nitrogens with zero attached hydrogens (tertiary/aromatic N) is 3. The molecule has 5 heteroatoms. The Hall–Kier alpha value is -2.27. The summed E-state index contributed by atoms with van der Waals surface area (Å²) in [5.74, 6) is 0.727. The molecule has 0 saturated carbocycles. The van der Waals surface area contributed by atoms with Crippen LogP contribution in [-0.2, 0) is 0 Å². The molecule has 0 N–H and O–H groups in total. The first-order valence-corrected chi connectivity index (χ1v) is 7.88. The van der Waals surface area contributed by atoms with E-state index in [1.54, 1.807) is 11.9 Å². The van der Waals surface area contributed by atoms with E-state index in [2.05, 4.69) is 9.97 Å². The van der Waals surface area contributed by atoms with Gasteiger partial charge in [0.05, 0.1) is 4.88 Å². The van der Waals surface area contributed by atoms with Gasteiger partial charge in [-0.05, 0) is 38.5 Å². The summed E-state index contributed by atoms with van der Waals surface area (Å²) < 4.78 is 0. The third kappa shape index (κ3) is 2.37. The second kappa shape index (κ2) is 5.50. The lowest BCUT2D eigenvalue weighted by Gasteiger charge is -2.16. The highest BCUT2D eigenvalue weighted by Gasteiger charge is 2.22. The molecule has 2 aromatic heterocycles. The molecule has 0 fully saturated rings. The van der Waals surface area contributed by atoms with E-state index in [1.165, 1.54) is 11.3 Å². The summed E-state index contributed by atoms with van der Waals surface area (Å²) in [5, 5.41) is 1.00. The van der Waals surface area contributed by atoms with Crippen molar-refractivity contribution in [2.24, 2.45) is 0 Å². The van der Waals surface area contributed by atoms with E-state index in [0.29, 0.717) is 0 Å². The predicted molar refractivity (Wildman–Crippen MR) is 90.8 cm³/mol. The molecule has 0 spiro atoms. The van der Waals surface area contributed by atoms with Gasteiger partial charge in [0, 0.05) is 23.8 Å². The fraction of sp³-hybridized carbons (Fsp3) is 0.235. The smallest absolute Gasteiger partial charge is 0.268 e. The summed E-state index contributed by atoms with van der Waals surface area (Å²) in [7, 11) is 1.80. The van der Waals surface area contributed by atoms with E-state index in [0.717, 1.165) is 37.9 Å². The zero-order chi connectivity index (χ0) is 15.9. The van der Waals surface area contributed by atoms with E-state index < -0.39 is 0 Å². The Morgan fingerprint density at radius 3 is 2.45 bits per heavy atom. The van der Waals surface area contributed by atoms with Gasteiger partial charge in [0.25, 0.3) is 5.91 Å². The number of anilines is 1. The molecule has 0 aliphatic heterocycles. The minimum absolute atomic E-state index is 0.0104. The summed E-state index contributed by atoms with van der Waals surface area (Å²) in [6, 6.07) is 9.64. The molecule has 0 unspecified atom stereocenters. The van der Waals surface area contributed by atoms with Gasteiger partial charge in [0.15, 0.2) is 0 Å². The molecule has 3 aromatic rings. The molecule has 4 nitrogen and oxygen atoms in total. The second-order valence-electron chi connectivity index (χ2n) is 5.29. The van der Waals surface area contributed by atoms with E-state index in [4.69, 9.17) is 0 Å². The van der Waals surface area contributed by atoms with Crippen molar-refractivity contribution in [2.75, 3.05) is 11.9 Å². The highest BCUT2D eigenvalue weighted by molar-refractivity contribution is 7.20. The van der Waals surface area contributed by atoms with Crippen LogP contribution in [-0.4, -0.2) is 22.9 Å². The molecule has 0 saturated heterocycles. The molecular formula is C17H17N3OS. The average molecular weight is 311 g/mol. The van der Waals surface area contributed by atoms with Crippen molar-refractivity contribution in [3.63, 3.8) is 0 Å². The lowest BCUT2D eigenvalue weighted by Crippen LogP contribution is -2.25. The quantitative estimate of drug-likeness (QED) is 0.721. The van der Waals surface area contributed by atoms with E-state index in [1.807, 2.05) is 51.1 Å². The summed E-state index contributed by atoms with van der Waals surface area (Å²) >= 11 is 1.44. The fourth-order valence-corrected chi connectivity index (χ4v) is 3.85. The van der Waals surface area contributed by atoms with E-state index in [9.17, 15) is 4.79 Å². The number of carbonyl (C=O) groups is 1. The minimum atomic E-state index is -0.0104. The number of fused-ring (bicyclic) bond motifs is 1. The van der Waals surface area contributed by atoms with Crippen LogP contribution in [0.1, 0.15) is 26.8 Å². The van der Waals surface area contributed by atoms with Gasteiger partial charge in [-0.15, -0.1) is 11.3 Å². The van der Waals surface area contributed by atoms with E-state index in [-0.39, 0.29) is 5.91 Å². The summed E-state index contributed by atoms with van der Waals surface area (Å²) in [6.07, 6.45) is 0. The van der Waals surface area contributed by atoms with Gasteiger partial charge in [-0.25, -0.2) is 9.97 Å². The van der Waals surface area contributed by atoms with Gasteiger partial charge < -0.3 is 4.90 Å². The van der Waals surface area contributed by atoms with Gasteiger partial charge >= 0.3 is 0 Å². The third-order valence-electron chi connectivity index (χ3n) is 3.73. The number of aromatic nitrogens is 2. The first-order chi connectivity index (χ1) is 10.5.